The van der Waals surface area contributed by atoms with Crippen molar-refractivity contribution in [1.82, 2.24) is 0 Å². The first-order chi connectivity index (χ1) is 9.88. The highest BCUT2D eigenvalue weighted by atomic mass is 35.5. The SMILES string of the molecule is Cc1cc(C(=O)O)cc(C)c1OCc1ccc(Cl)cc1F. The molecule has 0 spiro atoms. The Morgan fingerprint density at radius 1 is 1.24 bits per heavy atom. The predicted molar refractivity (Wildman–Crippen MR) is 78.6 cm³/mol. The molecule has 0 unspecified atom stereocenters. The van der Waals surface area contributed by atoms with E-state index in [4.69, 9.17) is 21.4 Å². The van der Waals surface area contributed by atoms with E-state index in [1.165, 1.54) is 18.2 Å². The molecule has 0 aliphatic rings. The minimum absolute atomic E-state index is 0.0527. The summed E-state index contributed by atoms with van der Waals surface area (Å²) in [6.45, 7) is 3.57. The molecule has 0 saturated carbocycles. The molecule has 2 aromatic carbocycles. The zero-order valence-corrected chi connectivity index (χ0v) is 12.4. The van der Waals surface area contributed by atoms with Gasteiger partial charge in [0.1, 0.15) is 18.2 Å². The van der Waals surface area contributed by atoms with Crippen molar-refractivity contribution in [3.63, 3.8) is 0 Å². The zero-order valence-electron chi connectivity index (χ0n) is 11.6. The third-order valence-electron chi connectivity index (χ3n) is 3.09. The Morgan fingerprint density at radius 2 is 1.86 bits per heavy atom. The highest BCUT2D eigenvalue weighted by molar-refractivity contribution is 6.30. The highest BCUT2D eigenvalue weighted by Gasteiger charge is 2.12. The molecule has 0 bridgehead atoms. The van der Waals surface area contributed by atoms with Gasteiger partial charge in [-0.2, -0.15) is 0 Å². The standard InChI is InChI=1S/C16H14ClFO3/c1-9-5-12(16(19)20)6-10(2)15(9)21-8-11-3-4-13(17)7-14(11)18/h3-7H,8H2,1-2H3,(H,19,20). The Morgan fingerprint density at radius 3 is 2.38 bits per heavy atom. The van der Waals surface area contributed by atoms with E-state index in [0.717, 1.165) is 0 Å². The molecule has 0 fully saturated rings. The second kappa shape index (κ2) is 6.14. The van der Waals surface area contributed by atoms with Crippen molar-refractivity contribution in [2.75, 3.05) is 0 Å². The van der Waals surface area contributed by atoms with Crippen LogP contribution in [0.3, 0.4) is 0 Å². The van der Waals surface area contributed by atoms with Gasteiger partial charge in [-0.15, -0.1) is 0 Å². The zero-order chi connectivity index (χ0) is 15.6. The summed E-state index contributed by atoms with van der Waals surface area (Å²) in [6.07, 6.45) is 0. The molecule has 5 heteroatoms. The number of hydrogen-bond donors (Lipinski definition) is 1. The van der Waals surface area contributed by atoms with Crippen molar-refractivity contribution < 1.29 is 19.0 Å². The quantitative estimate of drug-likeness (QED) is 0.912. The summed E-state index contributed by atoms with van der Waals surface area (Å²) in [5.74, 6) is -0.856. The molecular formula is C16H14ClFO3. The number of benzene rings is 2. The molecular weight excluding hydrogens is 295 g/mol. The Bertz CT molecular complexity index is 675. The molecule has 0 atom stereocenters. The minimum Gasteiger partial charge on any atom is -0.488 e. The van der Waals surface area contributed by atoms with Crippen molar-refractivity contribution in [1.29, 1.82) is 0 Å². The van der Waals surface area contributed by atoms with Crippen LogP contribution in [-0.4, -0.2) is 11.1 Å². The Hall–Kier alpha value is -2.07. The average molecular weight is 309 g/mol. The summed E-state index contributed by atoms with van der Waals surface area (Å²) in [4.78, 5) is 11.0. The monoisotopic (exact) mass is 308 g/mol. The van der Waals surface area contributed by atoms with E-state index < -0.39 is 11.8 Å². The minimum atomic E-state index is -0.989. The molecule has 2 aromatic rings. The molecule has 1 N–H and O–H groups in total. The third-order valence-corrected chi connectivity index (χ3v) is 3.33. The van der Waals surface area contributed by atoms with E-state index in [1.807, 2.05) is 0 Å². The number of aryl methyl sites for hydroxylation is 2. The smallest absolute Gasteiger partial charge is 0.335 e. The predicted octanol–water partition coefficient (Wildman–Crippen LogP) is 4.37. The number of carboxylic acids is 1. The van der Waals surface area contributed by atoms with Crippen LogP contribution >= 0.6 is 11.6 Å². The summed E-state index contributed by atoms with van der Waals surface area (Å²) in [6, 6.07) is 7.45. The molecule has 0 saturated heterocycles. The van der Waals surface area contributed by atoms with E-state index >= 15 is 0 Å². The second-order valence-corrected chi connectivity index (χ2v) is 5.21. The van der Waals surface area contributed by atoms with Gasteiger partial charge in [-0.05, 0) is 49.2 Å². The van der Waals surface area contributed by atoms with Gasteiger partial charge in [0.2, 0.25) is 0 Å². The Kier molecular flexibility index (Phi) is 4.48. The van der Waals surface area contributed by atoms with Gasteiger partial charge in [0, 0.05) is 10.6 Å². The highest BCUT2D eigenvalue weighted by Crippen LogP contribution is 2.26. The van der Waals surface area contributed by atoms with Crippen molar-refractivity contribution in [3.05, 3.63) is 63.4 Å². The molecule has 3 nitrogen and oxygen atoms in total. The van der Waals surface area contributed by atoms with Crippen LogP contribution in [0.1, 0.15) is 27.0 Å². The fraction of sp³-hybridized carbons (Fsp3) is 0.188. The van der Waals surface area contributed by atoms with Crippen molar-refractivity contribution in [2.45, 2.75) is 20.5 Å². The van der Waals surface area contributed by atoms with Gasteiger partial charge < -0.3 is 9.84 Å². The Balaban J connectivity index is 2.22. The molecule has 0 amide bonds. The normalized spacial score (nSPS) is 10.5. The summed E-state index contributed by atoms with van der Waals surface area (Å²) < 4.78 is 19.3. The maximum atomic E-state index is 13.7. The van der Waals surface area contributed by atoms with Crippen LogP contribution in [0.25, 0.3) is 0 Å². The third kappa shape index (κ3) is 3.52. The number of rotatable bonds is 4. The number of hydrogen-bond acceptors (Lipinski definition) is 2. The van der Waals surface area contributed by atoms with Crippen molar-refractivity contribution >= 4 is 17.6 Å². The van der Waals surface area contributed by atoms with Crippen LogP contribution < -0.4 is 4.74 Å². The summed E-state index contributed by atoms with van der Waals surface area (Å²) in [5.41, 5.74) is 1.99. The molecule has 21 heavy (non-hydrogen) atoms. The lowest BCUT2D eigenvalue weighted by atomic mass is 10.1. The second-order valence-electron chi connectivity index (χ2n) is 4.77. The van der Waals surface area contributed by atoms with Gasteiger partial charge in [-0.25, -0.2) is 9.18 Å². The first kappa shape index (κ1) is 15.3. The number of ether oxygens (including phenoxy) is 1. The first-order valence-corrected chi connectivity index (χ1v) is 6.67. The molecule has 0 aliphatic carbocycles. The fourth-order valence-electron chi connectivity index (χ4n) is 2.09. The van der Waals surface area contributed by atoms with E-state index in [2.05, 4.69) is 0 Å². The number of aromatic carboxylic acids is 1. The number of carboxylic acid groups (broad SMARTS) is 1. The lowest BCUT2D eigenvalue weighted by Gasteiger charge is -2.13. The van der Waals surface area contributed by atoms with Crippen LogP contribution in [-0.2, 0) is 6.61 Å². The van der Waals surface area contributed by atoms with Gasteiger partial charge in [0.05, 0.1) is 5.56 Å². The Labute approximate surface area is 126 Å². The lowest BCUT2D eigenvalue weighted by Crippen LogP contribution is -2.04. The molecule has 0 radical (unpaired) electrons. The van der Waals surface area contributed by atoms with Crippen molar-refractivity contribution in [2.24, 2.45) is 0 Å². The van der Waals surface area contributed by atoms with E-state index in [1.54, 1.807) is 26.0 Å². The van der Waals surface area contributed by atoms with E-state index in [9.17, 15) is 9.18 Å². The topological polar surface area (TPSA) is 46.5 Å². The molecule has 110 valence electrons. The van der Waals surface area contributed by atoms with Gasteiger partial charge in [-0.3, -0.25) is 0 Å². The van der Waals surface area contributed by atoms with Crippen LogP contribution in [0.15, 0.2) is 30.3 Å². The molecule has 2 rings (SSSR count). The number of carbonyl (C=O) groups is 1. The largest absolute Gasteiger partial charge is 0.488 e. The molecule has 0 aromatic heterocycles. The molecule has 0 heterocycles. The summed E-state index contributed by atoms with van der Waals surface area (Å²) in [5, 5.41) is 9.32. The van der Waals surface area contributed by atoms with Crippen LogP contribution in [0, 0.1) is 19.7 Å². The first-order valence-electron chi connectivity index (χ1n) is 6.29. The van der Waals surface area contributed by atoms with Gasteiger partial charge in [-0.1, -0.05) is 17.7 Å². The van der Waals surface area contributed by atoms with E-state index in [0.29, 0.717) is 27.5 Å². The van der Waals surface area contributed by atoms with Crippen LogP contribution in [0.2, 0.25) is 5.02 Å². The van der Waals surface area contributed by atoms with Crippen molar-refractivity contribution in [3.8, 4) is 5.75 Å². The van der Waals surface area contributed by atoms with Gasteiger partial charge in [0.15, 0.2) is 0 Å². The summed E-state index contributed by atoms with van der Waals surface area (Å²) in [7, 11) is 0. The van der Waals surface area contributed by atoms with Crippen LogP contribution in [0.4, 0.5) is 4.39 Å². The maximum absolute atomic E-state index is 13.7. The fourth-order valence-corrected chi connectivity index (χ4v) is 2.25. The van der Waals surface area contributed by atoms with Gasteiger partial charge >= 0.3 is 5.97 Å². The molecule has 0 aliphatic heterocycles. The average Bonchev–Trinajstić information content (AvgIpc) is 2.39. The lowest BCUT2D eigenvalue weighted by molar-refractivity contribution is 0.0696. The summed E-state index contributed by atoms with van der Waals surface area (Å²) >= 11 is 5.70. The number of halogens is 2. The van der Waals surface area contributed by atoms with E-state index in [-0.39, 0.29) is 12.2 Å². The maximum Gasteiger partial charge on any atom is 0.335 e. The van der Waals surface area contributed by atoms with Gasteiger partial charge in [0.25, 0.3) is 0 Å². The van der Waals surface area contributed by atoms with Crippen LogP contribution in [0.5, 0.6) is 5.75 Å².